The molecule has 0 saturated heterocycles. The molecule has 0 aliphatic heterocycles. The monoisotopic (exact) mass is 345 g/mol. The number of carbonyl (C=O) groups is 2. The van der Waals surface area contributed by atoms with Gasteiger partial charge in [0.25, 0.3) is 11.5 Å². The van der Waals surface area contributed by atoms with Crippen LogP contribution in [0.2, 0.25) is 0 Å². The van der Waals surface area contributed by atoms with Crippen molar-refractivity contribution < 1.29 is 29.1 Å². The molecule has 0 heterocycles. The molecule has 130 valence electrons. The fourth-order valence-corrected chi connectivity index (χ4v) is 1.93. The first kappa shape index (κ1) is 17.9. The molecule has 8 nitrogen and oxygen atoms in total. The summed E-state index contributed by atoms with van der Waals surface area (Å²) in [6.45, 7) is 0.729. The molecule has 2 aromatic carbocycles. The van der Waals surface area contributed by atoms with E-state index in [1.54, 1.807) is 0 Å². The minimum Gasteiger partial charge on any atom is -0.493 e. The zero-order valence-electron chi connectivity index (χ0n) is 13.1. The van der Waals surface area contributed by atoms with Crippen LogP contribution in [-0.2, 0) is 4.79 Å². The van der Waals surface area contributed by atoms with Gasteiger partial charge in [-0.1, -0.05) is 0 Å². The van der Waals surface area contributed by atoms with Crippen molar-refractivity contribution in [1.29, 1.82) is 0 Å². The summed E-state index contributed by atoms with van der Waals surface area (Å²) in [5.41, 5.74) is 0.0851. The van der Waals surface area contributed by atoms with Crippen molar-refractivity contribution in [3.05, 3.63) is 64.2 Å². The Hall–Kier alpha value is -3.42. The largest absolute Gasteiger partial charge is 0.493 e. The molecule has 0 atom stereocenters. The molecule has 2 aromatic rings. The fraction of sp³-hybridized carbons (Fsp3) is 0.176. The van der Waals surface area contributed by atoms with E-state index in [0.29, 0.717) is 31.1 Å². The normalized spacial score (nSPS) is 10.1. The molecule has 0 saturated carbocycles. The molecule has 8 heteroatoms. The summed E-state index contributed by atoms with van der Waals surface area (Å²) in [7, 11) is 0. The van der Waals surface area contributed by atoms with Crippen molar-refractivity contribution in [2.45, 2.75) is 6.42 Å². The van der Waals surface area contributed by atoms with Crippen molar-refractivity contribution in [3.8, 4) is 11.5 Å². The van der Waals surface area contributed by atoms with Gasteiger partial charge < -0.3 is 14.6 Å². The second-order valence-electron chi connectivity index (χ2n) is 4.96. The summed E-state index contributed by atoms with van der Waals surface area (Å²) in [4.78, 5) is 31.9. The molecule has 0 radical (unpaired) electrons. The predicted octanol–water partition coefficient (Wildman–Crippen LogP) is 2.71. The van der Waals surface area contributed by atoms with E-state index in [-0.39, 0.29) is 11.3 Å². The number of ketones is 1. The van der Waals surface area contributed by atoms with Gasteiger partial charge in [0.05, 0.1) is 18.1 Å². The molecule has 0 amide bonds. The number of ether oxygens (including phenoxy) is 2. The van der Waals surface area contributed by atoms with Gasteiger partial charge in [-0.2, -0.15) is 0 Å². The first-order chi connectivity index (χ1) is 12.0. The summed E-state index contributed by atoms with van der Waals surface area (Å²) < 4.78 is 10.9. The van der Waals surface area contributed by atoms with Gasteiger partial charge in [-0.05, 0) is 36.4 Å². The van der Waals surface area contributed by atoms with E-state index < -0.39 is 16.7 Å². The topological polar surface area (TPSA) is 116 Å². The number of nitro benzene ring substituents is 1. The lowest BCUT2D eigenvalue weighted by molar-refractivity contribution is -0.384. The summed E-state index contributed by atoms with van der Waals surface area (Å²) in [5.74, 6) is -1.43. The third kappa shape index (κ3) is 5.31. The smallest absolute Gasteiger partial charge is 0.377 e. The number of carboxylic acids is 1. The second-order valence-corrected chi connectivity index (χ2v) is 4.96. The van der Waals surface area contributed by atoms with Crippen LogP contribution in [0.5, 0.6) is 11.5 Å². The third-order valence-corrected chi connectivity index (χ3v) is 3.18. The Balaban J connectivity index is 1.71. The Kier molecular flexibility index (Phi) is 6.05. The number of hydrogen-bond donors (Lipinski definition) is 1. The highest BCUT2D eigenvalue weighted by atomic mass is 16.6. The number of rotatable bonds is 9. The highest BCUT2D eigenvalue weighted by molar-refractivity contribution is 6.39. The Morgan fingerprint density at radius 2 is 1.40 bits per heavy atom. The lowest BCUT2D eigenvalue weighted by Gasteiger charge is -2.08. The number of carboxylic acid groups (broad SMARTS) is 1. The predicted molar refractivity (Wildman–Crippen MR) is 87.1 cm³/mol. The number of nitrogens with zero attached hydrogens (tertiary/aromatic N) is 1. The van der Waals surface area contributed by atoms with Crippen LogP contribution in [0.1, 0.15) is 16.8 Å². The standard InChI is InChI=1S/C17H15NO7/c19-16(17(20)21)12-2-6-14(7-3-12)24-10-1-11-25-15-8-4-13(5-9-15)18(22)23/h2-9H,1,10-11H2,(H,20,21). The van der Waals surface area contributed by atoms with Crippen molar-refractivity contribution in [3.63, 3.8) is 0 Å². The summed E-state index contributed by atoms with van der Waals surface area (Å²) in [6, 6.07) is 11.6. The molecule has 0 aliphatic carbocycles. The van der Waals surface area contributed by atoms with Crippen LogP contribution in [-0.4, -0.2) is 35.0 Å². The molecule has 1 N–H and O–H groups in total. The Morgan fingerprint density at radius 1 is 0.920 bits per heavy atom. The minimum absolute atomic E-state index is 0.000472. The zero-order valence-corrected chi connectivity index (χ0v) is 13.1. The first-order valence-electron chi connectivity index (χ1n) is 7.35. The van der Waals surface area contributed by atoms with E-state index >= 15 is 0 Å². The number of hydrogen-bond acceptors (Lipinski definition) is 6. The summed E-state index contributed by atoms with van der Waals surface area (Å²) in [6.07, 6.45) is 0.576. The summed E-state index contributed by atoms with van der Waals surface area (Å²) in [5, 5.41) is 19.2. The van der Waals surface area contributed by atoms with Crippen LogP contribution in [0, 0.1) is 10.1 Å². The van der Waals surface area contributed by atoms with Gasteiger partial charge in [0.15, 0.2) is 0 Å². The Bertz CT molecular complexity index is 754. The highest BCUT2D eigenvalue weighted by Gasteiger charge is 2.13. The molecule has 0 bridgehead atoms. The number of aliphatic carboxylic acids is 1. The van der Waals surface area contributed by atoms with Crippen LogP contribution in [0.25, 0.3) is 0 Å². The van der Waals surface area contributed by atoms with Crippen LogP contribution >= 0.6 is 0 Å². The van der Waals surface area contributed by atoms with Crippen molar-refractivity contribution in [1.82, 2.24) is 0 Å². The van der Waals surface area contributed by atoms with E-state index in [9.17, 15) is 19.7 Å². The number of benzene rings is 2. The maximum absolute atomic E-state index is 11.3. The maximum Gasteiger partial charge on any atom is 0.377 e. The summed E-state index contributed by atoms with van der Waals surface area (Å²) >= 11 is 0. The van der Waals surface area contributed by atoms with Gasteiger partial charge in [-0.15, -0.1) is 0 Å². The number of Topliss-reactive ketones (excluding diaryl/α,β-unsaturated/α-hetero) is 1. The number of non-ortho nitro benzene ring substituents is 1. The highest BCUT2D eigenvalue weighted by Crippen LogP contribution is 2.17. The molecule has 0 fully saturated rings. The maximum atomic E-state index is 11.3. The van der Waals surface area contributed by atoms with Crippen LogP contribution in [0.15, 0.2) is 48.5 Å². The Morgan fingerprint density at radius 3 is 1.84 bits per heavy atom. The zero-order chi connectivity index (χ0) is 18.2. The van der Waals surface area contributed by atoms with Gasteiger partial charge >= 0.3 is 5.97 Å². The average Bonchev–Trinajstić information content (AvgIpc) is 2.61. The second kappa shape index (κ2) is 8.44. The van der Waals surface area contributed by atoms with Gasteiger partial charge in [-0.3, -0.25) is 14.9 Å². The van der Waals surface area contributed by atoms with Crippen molar-refractivity contribution >= 4 is 17.4 Å². The number of carbonyl (C=O) groups excluding carboxylic acids is 1. The van der Waals surface area contributed by atoms with Gasteiger partial charge in [-0.25, -0.2) is 4.79 Å². The minimum atomic E-state index is -1.50. The van der Waals surface area contributed by atoms with Crippen molar-refractivity contribution in [2.24, 2.45) is 0 Å². The van der Waals surface area contributed by atoms with Crippen molar-refractivity contribution in [2.75, 3.05) is 13.2 Å². The molecule has 0 unspecified atom stereocenters. The molecular weight excluding hydrogens is 330 g/mol. The molecule has 25 heavy (non-hydrogen) atoms. The van der Waals surface area contributed by atoms with Gasteiger partial charge in [0.1, 0.15) is 11.5 Å². The molecular formula is C17H15NO7. The lowest BCUT2D eigenvalue weighted by Crippen LogP contribution is -2.12. The lowest BCUT2D eigenvalue weighted by atomic mass is 10.1. The third-order valence-electron chi connectivity index (χ3n) is 3.18. The molecule has 2 rings (SSSR count). The SMILES string of the molecule is O=C(O)C(=O)c1ccc(OCCCOc2ccc([N+](=O)[O-])cc2)cc1. The molecule has 0 aliphatic rings. The van der Waals surface area contributed by atoms with Gasteiger partial charge in [0.2, 0.25) is 0 Å². The van der Waals surface area contributed by atoms with E-state index in [2.05, 4.69) is 0 Å². The first-order valence-corrected chi connectivity index (χ1v) is 7.35. The molecule has 0 spiro atoms. The van der Waals surface area contributed by atoms with Crippen LogP contribution in [0.4, 0.5) is 5.69 Å². The van der Waals surface area contributed by atoms with E-state index in [1.807, 2.05) is 0 Å². The van der Waals surface area contributed by atoms with E-state index in [4.69, 9.17) is 14.6 Å². The van der Waals surface area contributed by atoms with Gasteiger partial charge in [0, 0.05) is 24.1 Å². The van der Waals surface area contributed by atoms with Crippen LogP contribution < -0.4 is 9.47 Å². The molecule has 0 aromatic heterocycles. The number of nitro groups is 1. The van der Waals surface area contributed by atoms with E-state index in [1.165, 1.54) is 48.5 Å². The van der Waals surface area contributed by atoms with Crippen LogP contribution in [0.3, 0.4) is 0 Å². The Labute approximate surface area is 142 Å². The fourth-order valence-electron chi connectivity index (χ4n) is 1.93. The van der Waals surface area contributed by atoms with E-state index in [0.717, 1.165) is 0 Å². The average molecular weight is 345 g/mol. The quantitative estimate of drug-likeness (QED) is 0.244.